The number of nitrogens with one attached hydrogen (secondary N) is 1. The second-order valence-corrected chi connectivity index (χ2v) is 6.65. The van der Waals surface area contributed by atoms with Gasteiger partial charge in [0, 0.05) is 41.4 Å². The summed E-state index contributed by atoms with van der Waals surface area (Å²) in [5.41, 5.74) is 1.15. The summed E-state index contributed by atoms with van der Waals surface area (Å²) in [7, 11) is 6.52. The highest BCUT2D eigenvalue weighted by atomic mass is 79.9. The first kappa shape index (κ1) is 15.9. The Labute approximate surface area is 130 Å². The number of rotatable bonds is 4. The smallest absolute Gasteiger partial charge is 0.0420 e. The summed E-state index contributed by atoms with van der Waals surface area (Å²) in [4.78, 5) is 9.44. The molecule has 112 valence electrons. The number of aromatic nitrogens is 1. The first-order valence-corrected chi connectivity index (χ1v) is 8.06. The largest absolute Gasteiger partial charge is 0.315 e. The van der Waals surface area contributed by atoms with Gasteiger partial charge < -0.3 is 15.1 Å². The molecule has 0 spiro atoms. The van der Waals surface area contributed by atoms with Crippen LogP contribution in [0.25, 0.3) is 0 Å². The fraction of sp³-hybridized carbons (Fsp3) is 0.667. The number of hydrogen-bond donors (Lipinski definition) is 1. The maximum absolute atomic E-state index is 4.51. The van der Waals surface area contributed by atoms with Crippen LogP contribution in [-0.4, -0.2) is 67.6 Å². The molecule has 2 unspecified atom stereocenters. The Hall–Kier alpha value is -0.490. The summed E-state index contributed by atoms with van der Waals surface area (Å²) in [6, 6.07) is 5.12. The van der Waals surface area contributed by atoms with E-state index in [1.54, 1.807) is 0 Å². The van der Waals surface area contributed by atoms with E-state index in [9.17, 15) is 0 Å². The van der Waals surface area contributed by atoms with Crippen molar-refractivity contribution in [2.75, 3.05) is 40.8 Å². The van der Waals surface area contributed by atoms with Crippen LogP contribution >= 0.6 is 15.9 Å². The molecule has 1 aliphatic heterocycles. The maximum Gasteiger partial charge on any atom is 0.0420 e. The van der Waals surface area contributed by atoms with Gasteiger partial charge in [-0.25, -0.2) is 0 Å². The number of halogens is 1. The molecule has 0 bridgehead atoms. The summed E-state index contributed by atoms with van der Waals surface area (Å²) >= 11 is 3.44. The lowest BCUT2D eigenvalue weighted by Crippen LogP contribution is -2.52. The summed E-state index contributed by atoms with van der Waals surface area (Å²) in [5.74, 6) is 0. The van der Waals surface area contributed by atoms with Crippen LogP contribution in [0.15, 0.2) is 22.8 Å². The van der Waals surface area contributed by atoms with Crippen molar-refractivity contribution in [2.45, 2.75) is 24.9 Å². The van der Waals surface area contributed by atoms with E-state index in [0.717, 1.165) is 23.1 Å². The highest BCUT2D eigenvalue weighted by Crippen LogP contribution is 2.15. The van der Waals surface area contributed by atoms with E-state index in [1.807, 2.05) is 6.20 Å². The number of nitrogens with zero attached hydrogens (tertiary/aromatic N) is 3. The normalized spacial score (nSPS) is 23.5. The predicted octanol–water partition coefficient (Wildman–Crippen LogP) is 1.61. The number of likely N-dealkylation sites (N-methyl/N-ethyl adjacent to an activating group) is 3. The summed E-state index contributed by atoms with van der Waals surface area (Å²) < 4.78 is 1.04. The highest BCUT2D eigenvalue weighted by molar-refractivity contribution is 9.10. The van der Waals surface area contributed by atoms with Crippen molar-refractivity contribution < 1.29 is 0 Å². The SMILES string of the molecule is CNC(Cc1ccc(Br)cn1)C1CN(C)CCCN1C. The second-order valence-electron chi connectivity index (χ2n) is 5.73. The Kier molecular flexibility index (Phi) is 5.96. The standard InChI is InChI=1S/C15H25BrN4/c1-17-14(9-13-6-5-12(16)10-18-13)15-11-19(2)7-4-8-20(15)3/h5-6,10,14-15,17H,4,7-9,11H2,1-3H3. The van der Waals surface area contributed by atoms with Crippen molar-refractivity contribution in [3.8, 4) is 0 Å². The van der Waals surface area contributed by atoms with Crippen molar-refractivity contribution in [3.63, 3.8) is 0 Å². The molecular weight excluding hydrogens is 316 g/mol. The Bertz CT molecular complexity index is 409. The van der Waals surface area contributed by atoms with E-state index in [1.165, 1.54) is 19.5 Å². The van der Waals surface area contributed by atoms with Crippen LogP contribution in [0.3, 0.4) is 0 Å². The van der Waals surface area contributed by atoms with Crippen molar-refractivity contribution in [2.24, 2.45) is 0 Å². The molecule has 1 N–H and O–H groups in total. The summed E-state index contributed by atoms with van der Waals surface area (Å²) in [6.07, 6.45) is 4.09. The maximum atomic E-state index is 4.51. The first-order chi connectivity index (χ1) is 9.60. The minimum Gasteiger partial charge on any atom is -0.315 e. The molecule has 0 saturated carbocycles. The van der Waals surface area contributed by atoms with Gasteiger partial charge in [-0.2, -0.15) is 0 Å². The lowest BCUT2D eigenvalue weighted by molar-refractivity contribution is 0.181. The van der Waals surface area contributed by atoms with Crippen LogP contribution in [0.2, 0.25) is 0 Å². The van der Waals surface area contributed by atoms with E-state index in [-0.39, 0.29) is 0 Å². The van der Waals surface area contributed by atoms with Gasteiger partial charge in [0.2, 0.25) is 0 Å². The molecule has 2 atom stereocenters. The minimum atomic E-state index is 0.425. The van der Waals surface area contributed by atoms with Crippen molar-refractivity contribution >= 4 is 15.9 Å². The van der Waals surface area contributed by atoms with E-state index in [0.29, 0.717) is 12.1 Å². The number of hydrogen-bond acceptors (Lipinski definition) is 4. The van der Waals surface area contributed by atoms with Gasteiger partial charge in [0.1, 0.15) is 0 Å². The van der Waals surface area contributed by atoms with E-state index in [4.69, 9.17) is 0 Å². The zero-order valence-corrected chi connectivity index (χ0v) is 14.2. The van der Waals surface area contributed by atoms with Gasteiger partial charge in [-0.3, -0.25) is 4.98 Å². The van der Waals surface area contributed by atoms with Gasteiger partial charge >= 0.3 is 0 Å². The monoisotopic (exact) mass is 340 g/mol. The Morgan fingerprint density at radius 1 is 1.40 bits per heavy atom. The van der Waals surface area contributed by atoms with Gasteiger partial charge in [-0.05, 0) is 68.7 Å². The highest BCUT2D eigenvalue weighted by Gasteiger charge is 2.27. The molecule has 2 heterocycles. The van der Waals surface area contributed by atoms with Crippen molar-refractivity contribution in [3.05, 3.63) is 28.5 Å². The van der Waals surface area contributed by atoms with E-state index >= 15 is 0 Å². The molecule has 4 nitrogen and oxygen atoms in total. The third kappa shape index (κ3) is 4.25. The van der Waals surface area contributed by atoms with E-state index < -0.39 is 0 Å². The first-order valence-electron chi connectivity index (χ1n) is 7.26. The van der Waals surface area contributed by atoms with Crippen LogP contribution in [-0.2, 0) is 6.42 Å². The zero-order valence-electron chi connectivity index (χ0n) is 12.6. The minimum absolute atomic E-state index is 0.425. The van der Waals surface area contributed by atoms with Crippen molar-refractivity contribution in [1.82, 2.24) is 20.1 Å². The fourth-order valence-corrected chi connectivity index (χ4v) is 3.16. The van der Waals surface area contributed by atoms with Crippen molar-refractivity contribution in [1.29, 1.82) is 0 Å². The summed E-state index contributed by atoms with van der Waals surface area (Å²) in [5, 5.41) is 3.49. The molecule has 1 aliphatic rings. The van der Waals surface area contributed by atoms with Gasteiger partial charge in [0.25, 0.3) is 0 Å². The van der Waals surface area contributed by atoms with E-state index in [2.05, 4.69) is 69.3 Å². The average Bonchev–Trinajstić information content (AvgIpc) is 2.60. The average molecular weight is 341 g/mol. The third-order valence-electron chi connectivity index (χ3n) is 4.17. The van der Waals surface area contributed by atoms with Crippen LogP contribution in [0.5, 0.6) is 0 Å². The Balaban J connectivity index is 2.07. The predicted molar refractivity (Wildman–Crippen MR) is 87.0 cm³/mol. The van der Waals surface area contributed by atoms with Gasteiger partial charge in [0.05, 0.1) is 0 Å². The molecule has 0 radical (unpaired) electrons. The molecule has 20 heavy (non-hydrogen) atoms. The lowest BCUT2D eigenvalue weighted by atomic mass is 10.0. The van der Waals surface area contributed by atoms with Crippen LogP contribution < -0.4 is 5.32 Å². The van der Waals surface area contributed by atoms with Crippen LogP contribution in [0.1, 0.15) is 12.1 Å². The summed E-state index contributed by atoms with van der Waals surface area (Å²) in [6.45, 7) is 3.47. The Morgan fingerprint density at radius 3 is 2.85 bits per heavy atom. The van der Waals surface area contributed by atoms with Gasteiger partial charge in [-0.15, -0.1) is 0 Å². The van der Waals surface area contributed by atoms with Crippen LogP contribution in [0, 0.1) is 0 Å². The molecule has 2 rings (SSSR count). The molecule has 1 fully saturated rings. The topological polar surface area (TPSA) is 31.4 Å². The van der Waals surface area contributed by atoms with Gasteiger partial charge in [-0.1, -0.05) is 0 Å². The third-order valence-corrected chi connectivity index (χ3v) is 4.64. The molecule has 1 aromatic heterocycles. The molecule has 0 aromatic carbocycles. The quantitative estimate of drug-likeness (QED) is 0.902. The molecular formula is C15H25BrN4. The van der Waals surface area contributed by atoms with Gasteiger partial charge in [0.15, 0.2) is 0 Å². The van der Waals surface area contributed by atoms with Crippen LogP contribution in [0.4, 0.5) is 0 Å². The molecule has 0 amide bonds. The molecule has 1 aromatic rings. The zero-order chi connectivity index (χ0) is 14.5. The molecule has 1 saturated heterocycles. The molecule has 0 aliphatic carbocycles. The Morgan fingerprint density at radius 2 is 2.20 bits per heavy atom. The fourth-order valence-electron chi connectivity index (χ4n) is 2.92. The second kappa shape index (κ2) is 7.50. The molecule has 5 heteroatoms. The lowest BCUT2D eigenvalue weighted by Gasteiger charge is -2.34. The number of pyridine rings is 1.